The molecule has 1 aromatic heterocycles. The van der Waals surface area contributed by atoms with Crippen LogP contribution >= 0.6 is 15.9 Å². The second kappa shape index (κ2) is 5.88. The highest BCUT2D eigenvalue weighted by Crippen LogP contribution is 2.22. The van der Waals surface area contributed by atoms with Gasteiger partial charge in [-0.1, -0.05) is 20.8 Å². The molecule has 0 radical (unpaired) electrons. The molecule has 0 aliphatic rings. The highest BCUT2D eigenvalue weighted by Gasteiger charge is 2.20. The molecule has 1 aromatic rings. The monoisotopic (exact) mass is 323 g/mol. The number of alkyl halides is 2. The summed E-state index contributed by atoms with van der Waals surface area (Å²) in [4.78, 5) is 8.45. The lowest BCUT2D eigenvalue weighted by molar-refractivity contribution is 0.00380. The molecule has 18 heavy (non-hydrogen) atoms. The van der Waals surface area contributed by atoms with E-state index in [2.05, 4.69) is 31.2 Å². The summed E-state index contributed by atoms with van der Waals surface area (Å²) in [5, 5.41) is 11.7. The van der Waals surface area contributed by atoms with E-state index in [9.17, 15) is 8.78 Å². The fourth-order valence-corrected chi connectivity index (χ4v) is 1.53. The van der Waals surface area contributed by atoms with Gasteiger partial charge < -0.3 is 10.4 Å². The average Bonchev–Trinajstić information content (AvgIpc) is 2.23. The predicted octanol–water partition coefficient (Wildman–Crippen LogP) is 2.57. The molecular formula is C11H16BrF2N3O. The van der Waals surface area contributed by atoms with E-state index in [4.69, 9.17) is 5.11 Å². The zero-order chi connectivity index (χ0) is 13.9. The van der Waals surface area contributed by atoms with Crippen LogP contribution in [0.5, 0.6) is 0 Å². The van der Waals surface area contributed by atoms with Crippen LogP contribution in [0.25, 0.3) is 0 Å². The van der Waals surface area contributed by atoms with E-state index in [-0.39, 0.29) is 12.0 Å². The van der Waals surface area contributed by atoms with Crippen molar-refractivity contribution in [3.8, 4) is 0 Å². The van der Waals surface area contributed by atoms with Gasteiger partial charge in [0, 0.05) is 18.0 Å². The SMILES string of the molecule is CC(C)(C)c1nc(Br)cc(NCC(O)C(F)F)n1. The van der Waals surface area contributed by atoms with E-state index in [0.29, 0.717) is 16.2 Å². The van der Waals surface area contributed by atoms with Crippen LogP contribution in [0.4, 0.5) is 14.6 Å². The van der Waals surface area contributed by atoms with Gasteiger partial charge in [0.05, 0.1) is 0 Å². The molecule has 2 N–H and O–H groups in total. The van der Waals surface area contributed by atoms with Crippen molar-refractivity contribution >= 4 is 21.7 Å². The van der Waals surface area contributed by atoms with Crippen LogP contribution in [-0.4, -0.2) is 34.1 Å². The summed E-state index contributed by atoms with van der Waals surface area (Å²) in [5.41, 5.74) is -0.248. The molecule has 0 saturated heterocycles. The largest absolute Gasteiger partial charge is 0.385 e. The van der Waals surface area contributed by atoms with Crippen LogP contribution in [0.2, 0.25) is 0 Å². The third-order valence-electron chi connectivity index (χ3n) is 2.15. The molecule has 0 fully saturated rings. The molecule has 7 heteroatoms. The number of nitrogens with one attached hydrogen (secondary N) is 1. The average molecular weight is 324 g/mol. The molecule has 4 nitrogen and oxygen atoms in total. The highest BCUT2D eigenvalue weighted by atomic mass is 79.9. The minimum Gasteiger partial charge on any atom is -0.385 e. The van der Waals surface area contributed by atoms with Gasteiger partial charge in [-0.3, -0.25) is 0 Å². The summed E-state index contributed by atoms with van der Waals surface area (Å²) in [6.45, 7) is 5.59. The van der Waals surface area contributed by atoms with E-state index in [1.165, 1.54) is 0 Å². The number of halogens is 3. The van der Waals surface area contributed by atoms with Gasteiger partial charge in [-0.15, -0.1) is 0 Å². The van der Waals surface area contributed by atoms with Gasteiger partial charge in [-0.2, -0.15) is 0 Å². The van der Waals surface area contributed by atoms with Crippen molar-refractivity contribution in [1.29, 1.82) is 0 Å². The molecule has 1 atom stereocenters. The zero-order valence-electron chi connectivity index (χ0n) is 10.4. The Morgan fingerprint density at radius 1 is 1.39 bits per heavy atom. The lowest BCUT2D eigenvalue weighted by Crippen LogP contribution is -2.27. The van der Waals surface area contributed by atoms with Crippen molar-refractivity contribution in [1.82, 2.24) is 9.97 Å². The molecule has 0 spiro atoms. The van der Waals surface area contributed by atoms with Crippen molar-refractivity contribution in [2.24, 2.45) is 0 Å². The number of aromatic nitrogens is 2. The number of rotatable bonds is 4. The highest BCUT2D eigenvalue weighted by molar-refractivity contribution is 9.10. The van der Waals surface area contributed by atoms with E-state index in [0.717, 1.165) is 0 Å². The number of anilines is 1. The minimum absolute atomic E-state index is 0.248. The maximum absolute atomic E-state index is 12.1. The van der Waals surface area contributed by atoms with Gasteiger partial charge in [0.2, 0.25) is 0 Å². The zero-order valence-corrected chi connectivity index (χ0v) is 12.0. The number of hydrogen-bond acceptors (Lipinski definition) is 4. The lowest BCUT2D eigenvalue weighted by atomic mass is 9.96. The van der Waals surface area contributed by atoms with Crippen molar-refractivity contribution < 1.29 is 13.9 Å². The lowest BCUT2D eigenvalue weighted by Gasteiger charge is -2.18. The van der Waals surface area contributed by atoms with Crippen LogP contribution in [0, 0.1) is 0 Å². The van der Waals surface area contributed by atoms with Crippen LogP contribution in [0.1, 0.15) is 26.6 Å². The molecule has 0 bridgehead atoms. The Morgan fingerprint density at radius 2 is 2.00 bits per heavy atom. The first-order chi connectivity index (χ1) is 8.20. The molecule has 102 valence electrons. The van der Waals surface area contributed by atoms with Crippen molar-refractivity contribution in [3.63, 3.8) is 0 Å². The Bertz CT molecular complexity index is 410. The third kappa shape index (κ3) is 4.45. The van der Waals surface area contributed by atoms with Crippen molar-refractivity contribution in [2.75, 3.05) is 11.9 Å². The van der Waals surface area contributed by atoms with Crippen molar-refractivity contribution in [2.45, 2.75) is 38.7 Å². The second-order valence-electron chi connectivity index (χ2n) is 4.93. The van der Waals surface area contributed by atoms with Crippen molar-refractivity contribution in [3.05, 3.63) is 16.5 Å². The summed E-state index contributed by atoms with van der Waals surface area (Å²) in [7, 11) is 0. The standard InChI is InChI=1S/C11H16BrF2N3O/c1-11(2,3)10-16-7(12)4-8(17-10)15-5-6(18)9(13)14/h4,6,9,18H,5H2,1-3H3,(H,15,16,17). The van der Waals surface area contributed by atoms with Crippen LogP contribution in [0.15, 0.2) is 10.7 Å². The van der Waals surface area contributed by atoms with E-state index < -0.39 is 12.5 Å². The third-order valence-corrected chi connectivity index (χ3v) is 2.56. The Balaban J connectivity index is 2.81. The Hall–Kier alpha value is -0.820. The molecule has 1 rings (SSSR count). The smallest absolute Gasteiger partial charge is 0.265 e. The Labute approximate surface area is 113 Å². The molecular weight excluding hydrogens is 308 g/mol. The normalized spacial score (nSPS) is 13.8. The summed E-state index contributed by atoms with van der Waals surface area (Å²) < 4.78 is 24.9. The van der Waals surface area contributed by atoms with E-state index in [1.807, 2.05) is 20.8 Å². The van der Waals surface area contributed by atoms with Crippen LogP contribution in [0.3, 0.4) is 0 Å². The summed E-state index contributed by atoms with van der Waals surface area (Å²) >= 11 is 3.24. The van der Waals surface area contributed by atoms with Gasteiger partial charge in [0.15, 0.2) is 0 Å². The minimum atomic E-state index is -2.77. The number of aliphatic hydroxyl groups excluding tert-OH is 1. The van der Waals surface area contributed by atoms with E-state index in [1.54, 1.807) is 6.07 Å². The summed E-state index contributed by atoms with van der Waals surface area (Å²) in [6, 6.07) is 1.58. The first kappa shape index (κ1) is 15.2. The quantitative estimate of drug-likeness (QED) is 0.836. The fraction of sp³-hybridized carbons (Fsp3) is 0.636. The number of aliphatic hydroxyl groups is 1. The van der Waals surface area contributed by atoms with Gasteiger partial charge in [-0.05, 0) is 15.9 Å². The fourth-order valence-electron chi connectivity index (χ4n) is 1.14. The predicted molar refractivity (Wildman–Crippen MR) is 68.9 cm³/mol. The molecule has 1 heterocycles. The Kier molecular flexibility index (Phi) is 4.98. The van der Waals surface area contributed by atoms with Gasteiger partial charge >= 0.3 is 0 Å². The Morgan fingerprint density at radius 3 is 2.50 bits per heavy atom. The maximum Gasteiger partial charge on any atom is 0.265 e. The van der Waals surface area contributed by atoms with Crippen LogP contribution < -0.4 is 5.32 Å². The molecule has 1 unspecified atom stereocenters. The first-order valence-corrected chi connectivity index (χ1v) is 6.24. The van der Waals surface area contributed by atoms with E-state index >= 15 is 0 Å². The maximum atomic E-state index is 12.1. The topological polar surface area (TPSA) is 58.0 Å². The number of nitrogens with zero attached hydrogens (tertiary/aromatic N) is 2. The molecule has 0 saturated carbocycles. The second-order valence-corrected chi connectivity index (χ2v) is 5.74. The molecule has 0 aliphatic heterocycles. The molecule has 0 amide bonds. The van der Waals surface area contributed by atoms with Gasteiger partial charge in [0.25, 0.3) is 6.43 Å². The van der Waals surface area contributed by atoms with Crippen LogP contribution in [-0.2, 0) is 5.41 Å². The molecule has 0 aromatic carbocycles. The van der Waals surface area contributed by atoms with Gasteiger partial charge in [-0.25, -0.2) is 18.7 Å². The number of hydrogen-bond donors (Lipinski definition) is 2. The summed E-state index contributed by atoms with van der Waals surface area (Å²) in [6.07, 6.45) is -4.48. The van der Waals surface area contributed by atoms with Gasteiger partial charge in [0.1, 0.15) is 22.3 Å². The molecule has 0 aliphatic carbocycles. The first-order valence-electron chi connectivity index (χ1n) is 5.45. The summed E-state index contributed by atoms with van der Waals surface area (Å²) in [5.74, 6) is 0.993.